The summed E-state index contributed by atoms with van der Waals surface area (Å²) in [5, 5.41) is 7.76. The number of rotatable bonds is 7. The highest BCUT2D eigenvalue weighted by Crippen LogP contribution is 2.33. The van der Waals surface area contributed by atoms with Crippen molar-refractivity contribution in [3.8, 4) is 5.75 Å². The quantitative estimate of drug-likeness (QED) is 0.348. The second-order valence-corrected chi connectivity index (χ2v) is 9.36. The molecule has 2 aliphatic rings. The largest absolute Gasteiger partial charge is 0.391 e. The molecule has 2 N–H and O–H groups in total. The minimum atomic E-state index is 0.134. The number of piperazine rings is 1. The van der Waals surface area contributed by atoms with E-state index in [1.807, 2.05) is 31.4 Å². The van der Waals surface area contributed by atoms with Crippen LogP contribution in [0.4, 0.5) is 0 Å². The van der Waals surface area contributed by atoms with E-state index >= 15 is 0 Å². The molecule has 0 saturated carbocycles. The van der Waals surface area contributed by atoms with Crippen LogP contribution >= 0.6 is 0 Å². The Bertz CT molecular complexity index is 1270. The summed E-state index contributed by atoms with van der Waals surface area (Å²) in [6.07, 6.45) is 15.7. The summed E-state index contributed by atoms with van der Waals surface area (Å²) in [6.45, 7) is 6.12. The first kappa shape index (κ1) is 27.4. The van der Waals surface area contributed by atoms with Crippen LogP contribution in [0.3, 0.4) is 0 Å². The number of hydrogen-bond donors (Lipinski definition) is 2. The minimum Gasteiger partial charge on any atom is -0.391 e. The number of pyridine rings is 1. The van der Waals surface area contributed by atoms with Crippen molar-refractivity contribution in [1.82, 2.24) is 25.8 Å². The lowest BCUT2D eigenvalue weighted by molar-refractivity contribution is -0.106. The van der Waals surface area contributed by atoms with Gasteiger partial charge in [-0.15, -0.1) is 0 Å². The van der Waals surface area contributed by atoms with Crippen LogP contribution in [0, 0.1) is 5.92 Å². The molecule has 1 aliphatic heterocycles. The Kier molecular flexibility index (Phi) is 9.95. The third-order valence-corrected chi connectivity index (χ3v) is 6.73. The van der Waals surface area contributed by atoms with Crippen molar-refractivity contribution in [1.29, 1.82) is 0 Å². The summed E-state index contributed by atoms with van der Waals surface area (Å²) in [7, 11) is 2.03. The van der Waals surface area contributed by atoms with Crippen LogP contribution in [0.5, 0.6) is 5.75 Å². The molecule has 1 saturated heterocycles. The number of hydrogen-bond acceptors (Lipinski definition) is 7. The highest BCUT2D eigenvalue weighted by Gasteiger charge is 2.33. The van der Waals surface area contributed by atoms with E-state index in [0.29, 0.717) is 5.92 Å². The summed E-state index contributed by atoms with van der Waals surface area (Å²) < 4.78 is 0. The number of likely N-dealkylation sites (N-methyl/N-ethyl adjacent to an activating group) is 1. The molecule has 5 rings (SSSR count). The second-order valence-electron chi connectivity index (χ2n) is 9.36. The van der Waals surface area contributed by atoms with Crippen LogP contribution in [-0.4, -0.2) is 54.0 Å². The van der Waals surface area contributed by atoms with Gasteiger partial charge in [-0.05, 0) is 31.0 Å². The number of aldehydes is 1. The molecule has 0 bridgehead atoms. The SMILES string of the molecule is CC=O.CNC1CN(NOc2cncc3ccccc23)CCN1C(C1=CC=CC(C)C=C1)c1ccccc1. The van der Waals surface area contributed by atoms with E-state index in [4.69, 9.17) is 9.63 Å². The molecule has 1 fully saturated rings. The normalized spacial score (nSPS) is 20.7. The standard InChI is InChI=1S/C29H33N5O.C2H4O/c1-22-9-8-13-24(16-15-22)29(23-10-4-3-5-11-23)34-18-17-33(21-28(34)30-2)32-35-27-20-31-19-25-12-6-7-14-26(25)27;1-2-3/h3-16,19-20,22,28-30,32H,17-18,21H2,1-2H3;2H,1H3. The van der Waals surface area contributed by atoms with Crippen molar-refractivity contribution in [3.63, 3.8) is 0 Å². The third-order valence-electron chi connectivity index (χ3n) is 6.73. The first-order chi connectivity index (χ1) is 18.6. The highest BCUT2D eigenvalue weighted by molar-refractivity contribution is 5.87. The molecule has 2 heterocycles. The van der Waals surface area contributed by atoms with Gasteiger partial charge in [0, 0.05) is 36.6 Å². The van der Waals surface area contributed by atoms with Gasteiger partial charge >= 0.3 is 0 Å². The van der Waals surface area contributed by atoms with E-state index in [9.17, 15) is 0 Å². The minimum absolute atomic E-state index is 0.134. The number of allylic oxidation sites excluding steroid dienone is 4. The van der Waals surface area contributed by atoms with Crippen LogP contribution < -0.4 is 15.7 Å². The molecule has 0 amide bonds. The van der Waals surface area contributed by atoms with Gasteiger partial charge in [-0.2, -0.15) is 0 Å². The highest BCUT2D eigenvalue weighted by atomic mass is 16.7. The molecule has 0 radical (unpaired) electrons. The fourth-order valence-electron chi connectivity index (χ4n) is 4.85. The zero-order chi connectivity index (χ0) is 26.7. The summed E-state index contributed by atoms with van der Waals surface area (Å²) in [6, 6.07) is 19.1. The predicted octanol–water partition coefficient (Wildman–Crippen LogP) is 4.83. The van der Waals surface area contributed by atoms with Gasteiger partial charge in [0.15, 0.2) is 5.75 Å². The first-order valence-electron chi connectivity index (χ1n) is 13.1. The van der Waals surface area contributed by atoms with Crippen LogP contribution in [0.1, 0.15) is 25.5 Å². The van der Waals surface area contributed by atoms with Crippen molar-refractivity contribution >= 4 is 17.1 Å². The maximum atomic E-state index is 8.81. The Morgan fingerprint density at radius 3 is 2.61 bits per heavy atom. The number of nitrogens with zero attached hydrogens (tertiary/aromatic N) is 3. The lowest BCUT2D eigenvalue weighted by Gasteiger charge is -2.45. The van der Waals surface area contributed by atoms with Gasteiger partial charge in [0.2, 0.25) is 0 Å². The Hall–Kier alpha value is -3.62. The van der Waals surface area contributed by atoms with Crippen LogP contribution in [0.25, 0.3) is 10.8 Å². The van der Waals surface area contributed by atoms with Gasteiger partial charge in [0.1, 0.15) is 6.29 Å². The Labute approximate surface area is 225 Å². The number of hydrazine groups is 1. The maximum absolute atomic E-state index is 8.81. The molecule has 1 aliphatic carbocycles. The number of carbonyl (C=O) groups is 1. The molecule has 198 valence electrons. The molecule has 2 aromatic carbocycles. The number of fused-ring (bicyclic) bond motifs is 1. The van der Waals surface area contributed by atoms with E-state index in [-0.39, 0.29) is 12.2 Å². The number of carbonyl (C=O) groups excluding carboxylic acids is 1. The van der Waals surface area contributed by atoms with E-state index in [1.165, 1.54) is 18.1 Å². The lowest BCUT2D eigenvalue weighted by atomic mass is 9.94. The molecule has 0 spiro atoms. The van der Waals surface area contributed by atoms with Crippen LogP contribution in [0.15, 0.2) is 103 Å². The Morgan fingerprint density at radius 2 is 1.82 bits per heavy atom. The lowest BCUT2D eigenvalue weighted by Crippen LogP contribution is -2.62. The van der Waals surface area contributed by atoms with Gasteiger partial charge in [-0.1, -0.05) is 97.5 Å². The fourth-order valence-corrected chi connectivity index (χ4v) is 4.85. The average molecular weight is 512 g/mol. The fraction of sp³-hybridized carbons (Fsp3) is 0.290. The van der Waals surface area contributed by atoms with Crippen molar-refractivity contribution in [3.05, 3.63) is 109 Å². The van der Waals surface area contributed by atoms with Crippen LogP contribution in [0.2, 0.25) is 0 Å². The van der Waals surface area contributed by atoms with Gasteiger partial charge < -0.3 is 14.9 Å². The van der Waals surface area contributed by atoms with Crippen LogP contribution in [-0.2, 0) is 4.79 Å². The summed E-state index contributed by atoms with van der Waals surface area (Å²) in [4.78, 5) is 21.7. The third kappa shape index (κ3) is 6.82. The van der Waals surface area contributed by atoms with Gasteiger partial charge in [-0.25, -0.2) is 5.01 Å². The number of benzene rings is 2. The smallest absolute Gasteiger partial charge is 0.175 e. The topological polar surface area (TPSA) is 69.7 Å². The van der Waals surface area contributed by atoms with Crippen molar-refractivity contribution in [2.24, 2.45) is 5.92 Å². The van der Waals surface area contributed by atoms with E-state index in [0.717, 1.165) is 42.4 Å². The van der Waals surface area contributed by atoms with Gasteiger partial charge in [-0.3, -0.25) is 9.88 Å². The molecule has 7 nitrogen and oxygen atoms in total. The zero-order valence-electron chi connectivity index (χ0n) is 22.3. The van der Waals surface area contributed by atoms with Crippen molar-refractivity contribution < 1.29 is 9.63 Å². The predicted molar refractivity (Wildman–Crippen MR) is 153 cm³/mol. The molecular weight excluding hydrogens is 474 g/mol. The van der Waals surface area contributed by atoms with E-state index in [1.54, 1.807) is 6.20 Å². The molecular formula is C31H37N5O2. The summed E-state index contributed by atoms with van der Waals surface area (Å²) >= 11 is 0. The monoisotopic (exact) mass is 511 g/mol. The summed E-state index contributed by atoms with van der Waals surface area (Å²) in [5.74, 6) is 1.16. The van der Waals surface area contributed by atoms with E-state index < -0.39 is 0 Å². The molecule has 3 unspecified atom stereocenters. The van der Waals surface area contributed by atoms with E-state index in [2.05, 4.69) is 99.5 Å². The van der Waals surface area contributed by atoms with Crippen molar-refractivity contribution in [2.45, 2.75) is 26.1 Å². The number of nitrogens with one attached hydrogen (secondary N) is 2. The molecule has 3 atom stereocenters. The van der Waals surface area contributed by atoms with Crippen molar-refractivity contribution in [2.75, 3.05) is 26.7 Å². The molecule has 3 aromatic rings. The zero-order valence-corrected chi connectivity index (χ0v) is 22.3. The Morgan fingerprint density at radius 1 is 1.05 bits per heavy atom. The van der Waals surface area contributed by atoms with Gasteiger partial charge in [0.05, 0.1) is 18.4 Å². The number of aromatic nitrogens is 1. The maximum Gasteiger partial charge on any atom is 0.175 e. The van der Waals surface area contributed by atoms with Gasteiger partial charge in [0.25, 0.3) is 0 Å². The average Bonchev–Trinajstić information content (AvgIpc) is 3.17. The molecule has 1 aromatic heterocycles. The molecule has 38 heavy (non-hydrogen) atoms. The Balaban J connectivity index is 0.00000107. The first-order valence-corrected chi connectivity index (χ1v) is 13.1. The summed E-state index contributed by atoms with van der Waals surface area (Å²) in [5.41, 5.74) is 5.78. The molecule has 7 heteroatoms. The second kappa shape index (κ2) is 13.8.